The topological polar surface area (TPSA) is 132 Å². The second kappa shape index (κ2) is 11.3. The van der Waals surface area contributed by atoms with Gasteiger partial charge in [-0.05, 0) is 64.1 Å². The molecule has 1 aliphatic heterocycles. The highest BCUT2D eigenvalue weighted by Gasteiger charge is 2.36. The summed E-state index contributed by atoms with van der Waals surface area (Å²) in [6.07, 6.45) is 0. The average molecular weight is 514 g/mol. The van der Waals surface area contributed by atoms with Gasteiger partial charge < -0.3 is 23.8 Å². The van der Waals surface area contributed by atoms with E-state index in [4.69, 9.17) is 13.6 Å². The molecule has 3 aromatic heterocycles. The first-order valence-electron chi connectivity index (χ1n) is 12.4. The minimum absolute atomic E-state index is 0.200. The zero-order valence-electron chi connectivity index (χ0n) is 22.1. The van der Waals surface area contributed by atoms with E-state index in [9.17, 15) is 9.59 Å². The molecular formula is C25H35N7O5. The van der Waals surface area contributed by atoms with Crippen LogP contribution in [0.15, 0.2) is 33.1 Å². The van der Waals surface area contributed by atoms with Crippen LogP contribution in [0.5, 0.6) is 0 Å². The molecule has 3 aromatic rings. The lowest BCUT2D eigenvalue weighted by atomic mass is 10.1. The monoisotopic (exact) mass is 513 g/mol. The number of tetrazole rings is 1. The molecule has 200 valence electrons. The van der Waals surface area contributed by atoms with Crippen LogP contribution in [0.1, 0.15) is 44.1 Å². The Morgan fingerprint density at radius 1 is 1.08 bits per heavy atom. The Bertz CT molecular complexity index is 1200. The van der Waals surface area contributed by atoms with Crippen LogP contribution < -0.4 is 5.32 Å². The number of hydrogen-bond donors (Lipinski definition) is 1. The van der Waals surface area contributed by atoms with Crippen molar-refractivity contribution >= 4 is 11.8 Å². The number of morpholine rings is 1. The van der Waals surface area contributed by atoms with E-state index in [1.165, 1.54) is 9.70 Å². The molecular weight excluding hydrogens is 478 g/mol. The summed E-state index contributed by atoms with van der Waals surface area (Å²) in [6.45, 7) is 12.8. The van der Waals surface area contributed by atoms with Gasteiger partial charge in [0.1, 0.15) is 23.8 Å². The van der Waals surface area contributed by atoms with E-state index in [1.807, 2.05) is 27.7 Å². The van der Waals surface area contributed by atoms with E-state index >= 15 is 0 Å². The fraction of sp³-hybridized carbons (Fsp3) is 0.560. The van der Waals surface area contributed by atoms with Crippen molar-refractivity contribution < 1.29 is 23.2 Å². The first kappa shape index (κ1) is 26.6. The van der Waals surface area contributed by atoms with Crippen LogP contribution in [0.25, 0.3) is 11.6 Å². The second-order valence-corrected chi connectivity index (χ2v) is 10.2. The number of nitrogens with zero attached hydrogens (tertiary/aromatic N) is 6. The van der Waals surface area contributed by atoms with Crippen LogP contribution in [0.2, 0.25) is 0 Å². The number of rotatable bonds is 9. The van der Waals surface area contributed by atoms with Crippen molar-refractivity contribution in [1.82, 2.24) is 35.3 Å². The molecule has 37 heavy (non-hydrogen) atoms. The van der Waals surface area contributed by atoms with Crippen molar-refractivity contribution in [3.63, 3.8) is 0 Å². The van der Waals surface area contributed by atoms with Gasteiger partial charge in [0.15, 0.2) is 11.8 Å². The van der Waals surface area contributed by atoms with Gasteiger partial charge in [0, 0.05) is 31.7 Å². The number of ether oxygens (including phenoxy) is 1. The Balaban J connectivity index is 1.60. The van der Waals surface area contributed by atoms with Crippen molar-refractivity contribution in [3.8, 4) is 11.6 Å². The fourth-order valence-corrected chi connectivity index (χ4v) is 4.11. The Kier molecular flexibility index (Phi) is 8.08. The van der Waals surface area contributed by atoms with Crippen molar-refractivity contribution in [2.45, 2.75) is 52.7 Å². The van der Waals surface area contributed by atoms with E-state index in [0.717, 1.165) is 18.8 Å². The maximum Gasteiger partial charge on any atom is 0.251 e. The Morgan fingerprint density at radius 3 is 2.41 bits per heavy atom. The summed E-state index contributed by atoms with van der Waals surface area (Å²) in [5, 5.41) is 15.4. The molecule has 1 saturated heterocycles. The molecule has 1 aliphatic rings. The van der Waals surface area contributed by atoms with Crippen LogP contribution in [0.3, 0.4) is 0 Å². The maximum absolute atomic E-state index is 13.7. The molecule has 0 aliphatic carbocycles. The summed E-state index contributed by atoms with van der Waals surface area (Å²) < 4.78 is 16.9. The molecule has 2 amide bonds. The number of carbonyl (C=O) groups excluding carboxylic acids is 2. The van der Waals surface area contributed by atoms with Crippen molar-refractivity contribution in [2.24, 2.45) is 0 Å². The predicted molar refractivity (Wildman–Crippen MR) is 133 cm³/mol. The maximum atomic E-state index is 13.7. The summed E-state index contributed by atoms with van der Waals surface area (Å²) >= 11 is 0. The number of hydrogen-bond acceptors (Lipinski definition) is 9. The normalized spacial score (nSPS) is 15.5. The van der Waals surface area contributed by atoms with Crippen molar-refractivity contribution in [1.29, 1.82) is 0 Å². The Labute approximate surface area is 215 Å². The molecule has 4 heterocycles. The minimum Gasteiger partial charge on any atom is -0.464 e. The zero-order chi connectivity index (χ0) is 26.6. The molecule has 12 nitrogen and oxygen atoms in total. The van der Waals surface area contributed by atoms with E-state index in [-0.39, 0.29) is 24.2 Å². The smallest absolute Gasteiger partial charge is 0.251 e. The van der Waals surface area contributed by atoms with Crippen LogP contribution in [-0.2, 0) is 20.9 Å². The summed E-state index contributed by atoms with van der Waals surface area (Å²) in [5.41, 5.74) is -0.501. The summed E-state index contributed by atoms with van der Waals surface area (Å²) in [4.78, 5) is 32.2. The third-order valence-corrected chi connectivity index (χ3v) is 5.86. The summed E-state index contributed by atoms with van der Waals surface area (Å²) in [5.74, 6) is 1.86. The van der Waals surface area contributed by atoms with Gasteiger partial charge in [-0.2, -0.15) is 4.80 Å². The van der Waals surface area contributed by atoms with E-state index in [2.05, 4.69) is 25.6 Å². The average Bonchev–Trinajstić information content (AvgIpc) is 3.57. The minimum atomic E-state index is -0.961. The molecule has 0 unspecified atom stereocenters. The Hall–Kier alpha value is -3.51. The van der Waals surface area contributed by atoms with Crippen LogP contribution in [-0.4, -0.2) is 86.8 Å². The van der Waals surface area contributed by atoms with Gasteiger partial charge in [-0.15, -0.1) is 10.2 Å². The SMILES string of the molecule is Cc1ccc(-c2nnn(CC(=O)N(CCN3CCOCC3)[C@@H](C(=O)NC(C)(C)C)c3ccc(C)o3)n2)o1. The van der Waals surface area contributed by atoms with Gasteiger partial charge in [-0.1, -0.05) is 0 Å². The summed E-state index contributed by atoms with van der Waals surface area (Å²) in [6, 6.07) is 6.12. The van der Waals surface area contributed by atoms with Crippen LogP contribution in [0, 0.1) is 13.8 Å². The number of furan rings is 2. The highest BCUT2D eigenvalue weighted by atomic mass is 16.5. The first-order chi connectivity index (χ1) is 17.6. The predicted octanol–water partition coefficient (Wildman–Crippen LogP) is 1.96. The van der Waals surface area contributed by atoms with Gasteiger partial charge in [0.25, 0.3) is 5.91 Å². The van der Waals surface area contributed by atoms with E-state index in [1.54, 1.807) is 31.2 Å². The molecule has 1 N–H and O–H groups in total. The highest BCUT2D eigenvalue weighted by molar-refractivity contribution is 5.88. The van der Waals surface area contributed by atoms with E-state index < -0.39 is 11.6 Å². The van der Waals surface area contributed by atoms with Gasteiger partial charge in [-0.3, -0.25) is 14.5 Å². The number of nitrogens with one attached hydrogen (secondary N) is 1. The molecule has 4 rings (SSSR count). The van der Waals surface area contributed by atoms with Gasteiger partial charge in [0.05, 0.1) is 13.2 Å². The molecule has 0 spiro atoms. The third-order valence-electron chi connectivity index (χ3n) is 5.86. The van der Waals surface area contributed by atoms with Gasteiger partial charge in [-0.25, -0.2) is 0 Å². The summed E-state index contributed by atoms with van der Waals surface area (Å²) in [7, 11) is 0. The number of carbonyl (C=O) groups is 2. The van der Waals surface area contributed by atoms with E-state index in [0.29, 0.717) is 43.6 Å². The molecule has 0 aromatic carbocycles. The molecule has 1 atom stereocenters. The number of aryl methyl sites for hydroxylation is 2. The molecule has 0 bridgehead atoms. The van der Waals surface area contributed by atoms with Crippen molar-refractivity contribution in [3.05, 3.63) is 41.5 Å². The lowest BCUT2D eigenvalue weighted by Gasteiger charge is -2.34. The lowest BCUT2D eigenvalue weighted by Crippen LogP contribution is -2.52. The number of aromatic nitrogens is 4. The second-order valence-electron chi connectivity index (χ2n) is 10.2. The fourth-order valence-electron chi connectivity index (χ4n) is 4.11. The Morgan fingerprint density at radius 2 is 1.78 bits per heavy atom. The lowest BCUT2D eigenvalue weighted by molar-refractivity contribution is -0.143. The first-order valence-corrected chi connectivity index (χ1v) is 12.4. The standard InChI is InChI=1S/C25H35N7O5/c1-17-6-8-19(36-17)22(24(34)26-25(3,4)5)31(11-10-30-12-14-35-15-13-30)21(33)16-32-28-23(27-29-32)20-9-7-18(2)37-20/h6-9,22H,10-16H2,1-5H3,(H,26,34)/t22-/m1/s1. The third kappa shape index (κ3) is 7.04. The highest BCUT2D eigenvalue weighted by Crippen LogP contribution is 2.25. The quantitative estimate of drug-likeness (QED) is 0.456. The largest absolute Gasteiger partial charge is 0.464 e. The van der Waals surface area contributed by atoms with Gasteiger partial charge in [0.2, 0.25) is 11.7 Å². The molecule has 12 heteroatoms. The molecule has 0 saturated carbocycles. The number of amides is 2. The molecule has 0 radical (unpaired) electrons. The zero-order valence-corrected chi connectivity index (χ0v) is 22.1. The van der Waals surface area contributed by atoms with Crippen LogP contribution in [0.4, 0.5) is 0 Å². The van der Waals surface area contributed by atoms with Crippen molar-refractivity contribution in [2.75, 3.05) is 39.4 Å². The van der Waals surface area contributed by atoms with Gasteiger partial charge >= 0.3 is 0 Å². The van der Waals surface area contributed by atoms with Crippen LogP contribution >= 0.6 is 0 Å². The molecule has 1 fully saturated rings.